The van der Waals surface area contributed by atoms with Crippen molar-refractivity contribution in [2.24, 2.45) is 0 Å². The van der Waals surface area contributed by atoms with Crippen LogP contribution in [0.5, 0.6) is 5.75 Å². The number of rotatable bonds is 4. The lowest BCUT2D eigenvalue weighted by atomic mass is 10.2. The van der Waals surface area contributed by atoms with E-state index >= 15 is 0 Å². The molecule has 0 atom stereocenters. The van der Waals surface area contributed by atoms with Crippen molar-refractivity contribution < 1.29 is 4.74 Å². The van der Waals surface area contributed by atoms with Crippen LogP contribution in [0.4, 0.5) is 10.8 Å². The first kappa shape index (κ1) is 13.6. The molecule has 0 fully saturated rings. The summed E-state index contributed by atoms with van der Waals surface area (Å²) in [6.07, 6.45) is 3.56. The van der Waals surface area contributed by atoms with Gasteiger partial charge in [0.15, 0.2) is 5.13 Å². The molecule has 2 aromatic heterocycles. The van der Waals surface area contributed by atoms with E-state index in [4.69, 9.17) is 4.74 Å². The van der Waals surface area contributed by atoms with Crippen LogP contribution in [0.15, 0.2) is 54.2 Å². The SMILES string of the molecule is COc1ccc(N(C)c2nc(-c3ccncc3)cs2)cc1. The lowest BCUT2D eigenvalue weighted by Crippen LogP contribution is -2.08. The van der Waals surface area contributed by atoms with Crippen molar-refractivity contribution in [2.45, 2.75) is 0 Å². The minimum Gasteiger partial charge on any atom is -0.497 e. The summed E-state index contributed by atoms with van der Waals surface area (Å²) in [6, 6.07) is 11.9. The zero-order valence-electron chi connectivity index (χ0n) is 11.9. The van der Waals surface area contributed by atoms with Crippen LogP contribution in [-0.2, 0) is 0 Å². The average molecular weight is 297 g/mol. The van der Waals surface area contributed by atoms with Crippen LogP contribution in [-0.4, -0.2) is 24.1 Å². The van der Waals surface area contributed by atoms with Crippen LogP contribution in [0.25, 0.3) is 11.3 Å². The van der Waals surface area contributed by atoms with Crippen molar-refractivity contribution >= 4 is 22.2 Å². The lowest BCUT2D eigenvalue weighted by Gasteiger charge is -2.16. The van der Waals surface area contributed by atoms with Crippen LogP contribution in [0.1, 0.15) is 0 Å². The Kier molecular flexibility index (Phi) is 3.83. The summed E-state index contributed by atoms with van der Waals surface area (Å²) in [7, 11) is 3.68. The molecule has 1 aromatic carbocycles. The minimum absolute atomic E-state index is 0.851. The van der Waals surface area contributed by atoms with Crippen LogP contribution >= 0.6 is 11.3 Å². The Morgan fingerprint density at radius 2 is 1.76 bits per heavy atom. The van der Waals surface area contributed by atoms with E-state index in [0.717, 1.165) is 27.8 Å². The highest BCUT2D eigenvalue weighted by atomic mass is 32.1. The number of hydrogen-bond donors (Lipinski definition) is 0. The van der Waals surface area contributed by atoms with Gasteiger partial charge in [0.2, 0.25) is 0 Å². The van der Waals surface area contributed by atoms with Crippen LogP contribution in [0.3, 0.4) is 0 Å². The first-order chi connectivity index (χ1) is 10.3. The molecule has 0 unspecified atom stereocenters. The van der Waals surface area contributed by atoms with Crippen molar-refractivity contribution in [2.75, 3.05) is 19.1 Å². The molecule has 0 saturated heterocycles. The molecule has 106 valence electrons. The zero-order chi connectivity index (χ0) is 14.7. The van der Waals surface area contributed by atoms with Gasteiger partial charge in [-0.05, 0) is 36.4 Å². The highest BCUT2D eigenvalue weighted by Crippen LogP contribution is 2.31. The van der Waals surface area contributed by atoms with Gasteiger partial charge in [-0.2, -0.15) is 0 Å². The third-order valence-electron chi connectivity index (χ3n) is 3.21. The molecule has 4 nitrogen and oxygen atoms in total. The number of anilines is 2. The molecule has 0 saturated carbocycles. The Bertz CT molecular complexity index is 710. The fourth-order valence-electron chi connectivity index (χ4n) is 1.99. The monoisotopic (exact) mass is 297 g/mol. The van der Waals surface area contributed by atoms with Gasteiger partial charge >= 0.3 is 0 Å². The van der Waals surface area contributed by atoms with Gasteiger partial charge in [-0.3, -0.25) is 4.98 Å². The maximum absolute atomic E-state index is 5.18. The fourth-order valence-corrected chi connectivity index (χ4v) is 2.81. The predicted octanol–water partition coefficient (Wildman–Crippen LogP) is 3.98. The molecule has 0 radical (unpaired) electrons. The minimum atomic E-state index is 0.851. The highest BCUT2D eigenvalue weighted by Gasteiger charge is 2.10. The molecule has 5 heteroatoms. The average Bonchev–Trinajstić information content (AvgIpc) is 3.05. The number of aromatic nitrogens is 2. The molecule has 0 amide bonds. The lowest BCUT2D eigenvalue weighted by molar-refractivity contribution is 0.415. The van der Waals surface area contributed by atoms with Crippen LogP contribution < -0.4 is 9.64 Å². The van der Waals surface area contributed by atoms with Gasteiger partial charge in [0, 0.05) is 36.1 Å². The second-order valence-electron chi connectivity index (χ2n) is 4.51. The molecular weight excluding hydrogens is 282 g/mol. The first-order valence-electron chi connectivity index (χ1n) is 6.51. The Hall–Kier alpha value is -2.40. The summed E-state index contributed by atoms with van der Waals surface area (Å²) in [5.41, 5.74) is 3.12. The topological polar surface area (TPSA) is 38.2 Å². The molecular formula is C16H15N3OS. The van der Waals surface area contributed by atoms with E-state index in [1.807, 2.05) is 43.4 Å². The molecule has 0 aliphatic rings. The van der Waals surface area contributed by atoms with Gasteiger partial charge in [-0.1, -0.05) is 0 Å². The number of benzene rings is 1. The standard InChI is InChI=1S/C16H15N3OS/c1-19(13-3-5-14(20-2)6-4-13)16-18-15(11-21-16)12-7-9-17-10-8-12/h3-11H,1-2H3. The number of pyridine rings is 1. The molecule has 0 spiro atoms. The summed E-state index contributed by atoms with van der Waals surface area (Å²) < 4.78 is 5.18. The van der Waals surface area contributed by atoms with E-state index in [1.54, 1.807) is 30.8 Å². The Labute approximate surface area is 127 Å². The number of ether oxygens (including phenoxy) is 1. The molecule has 21 heavy (non-hydrogen) atoms. The van der Waals surface area contributed by atoms with Gasteiger partial charge < -0.3 is 9.64 Å². The third-order valence-corrected chi connectivity index (χ3v) is 4.13. The van der Waals surface area contributed by atoms with Gasteiger partial charge in [0.25, 0.3) is 0 Å². The van der Waals surface area contributed by atoms with E-state index in [-0.39, 0.29) is 0 Å². The van der Waals surface area contributed by atoms with Gasteiger partial charge in [-0.25, -0.2) is 4.98 Å². The summed E-state index contributed by atoms with van der Waals surface area (Å²) in [4.78, 5) is 10.8. The van der Waals surface area contributed by atoms with Crippen molar-refractivity contribution in [1.29, 1.82) is 0 Å². The predicted molar refractivity (Wildman–Crippen MR) is 86.4 cm³/mol. The number of nitrogens with zero attached hydrogens (tertiary/aromatic N) is 3. The molecule has 0 aliphatic heterocycles. The summed E-state index contributed by atoms with van der Waals surface area (Å²) in [5, 5.41) is 3.01. The third kappa shape index (κ3) is 2.87. The molecule has 3 aromatic rings. The van der Waals surface area contributed by atoms with Crippen molar-refractivity contribution in [3.8, 4) is 17.0 Å². The smallest absolute Gasteiger partial charge is 0.190 e. The maximum atomic E-state index is 5.18. The molecule has 3 rings (SSSR count). The first-order valence-corrected chi connectivity index (χ1v) is 7.39. The quantitative estimate of drug-likeness (QED) is 0.730. The Morgan fingerprint density at radius 1 is 1.05 bits per heavy atom. The molecule has 2 heterocycles. The van der Waals surface area contributed by atoms with E-state index < -0.39 is 0 Å². The number of hydrogen-bond acceptors (Lipinski definition) is 5. The molecule has 0 bridgehead atoms. The van der Waals surface area contributed by atoms with E-state index in [2.05, 4.69) is 20.2 Å². The van der Waals surface area contributed by atoms with Crippen molar-refractivity contribution in [3.63, 3.8) is 0 Å². The van der Waals surface area contributed by atoms with Crippen molar-refractivity contribution in [1.82, 2.24) is 9.97 Å². The largest absolute Gasteiger partial charge is 0.497 e. The van der Waals surface area contributed by atoms with Gasteiger partial charge in [0.05, 0.1) is 12.8 Å². The molecule has 0 aliphatic carbocycles. The zero-order valence-corrected chi connectivity index (χ0v) is 12.7. The van der Waals surface area contributed by atoms with E-state index in [0.29, 0.717) is 0 Å². The summed E-state index contributed by atoms with van der Waals surface area (Å²) in [5.74, 6) is 0.851. The van der Waals surface area contributed by atoms with Gasteiger partial charge in [-0.15, -0.1) is 11.3 Å². The second-order valence-corrected chi connectivity index (χ2v) is 5.34. The van der Waals surface area contributed by atoms with Crippen LogP contribution in [0.2, 0.25) is 0 Å². The maximum Gasteiger partial charge on any atom is 0.190 e. The summed E-state index contributed by atoms with van der Waals surface area (Å²) in [6.45, 7) is 0. The van der Waals surface area contributed by atoms with Gasteiger partial charge in [0.1, 0.15) is 5.75 Å². The van der Waals surface area contributed by atoms with Crippen molar-refractivity contribution in [3.05, 3.63) is 54.2 Å². The second kappa shape index (κ2) is 5.93. The fraction of sp³-hybridized carbons (Fsp3) is 0.125. The Morgan fingerprint density at radius 3 is 2.43 bits per heavy atom. The number of methoxy groups -OCH3 is 1. The van der Waals surface area contributed by atoms with E-state index in [1.165, 1.54) is 0 Å². The Balaban J connectivity index is 1.85. The van der Waals surface area contributed by atoms with Crippen LogP contribution in [0, 0.1) is 0 Å². The highest BCUT2D eigenvalue weighted by molar-refractivity contribution is 7.14. The summed E-state index contributed by atoms with van der Waals surface area (Å²) >= 11 is 1.62. The molecule has 0 N–H and O–H groups in total. The normalized spacial score (nSPS) is 10.4. The van der Waals surface area contributed by atoms with E-state index in [9.17, 15) is 0 Å². The number of thiazole rings is 1.